The zero-order valence-electron chi connectivity index (χ0n) is 17.4. The van der Waals surface area contributed by atoms with Crippen molar-refractivity contribution in [3.05, 3.63) is 54.1 Å². The van der Waals surface area contributed by atoms with Gasteiger partial charge in [0.2, 0.25) is 0 Å². The first-order valence-electron chi connectivity index (χ1n) is 11.2. The molecule has 2 aromatic rings. The van der Waals surface area contributed by atoms with Crippen LogP contribution in [0.3, 0.4) is 0 Å². The second-order valence-electron chi connectivity index (χ2n) is 8.60. The van der Waals surface area contributed by atoms with Gasteiger partial charge in [-0.05, 0) is 48.8 Å². The molecule has 7 heteroatoms. The third kappa shape index (κ3) is 4.11. The maximum atomic E-state index is 5.81. The summed E-state index contributed by atoms with van der Waals surface area (Å²) in [5.74, 6) is 0. The van der Waals surface area contributed by atoms with Gasteiger partial charge in [-0.15, -0.1) is 0 Å². The predicted octanol–water partition coefficient (Wildman–Crippen LogP) is 3.30. The van der Waals surface area contributed by atoms with Gasteiger partial charge in [-0.2, -0.15) is 0 Å². The quantitative estimate of drug-likeness (QED) is 0.717. The normalized spacial score (nSPS) is 25.7. The van der Waals surface area contributed by atoms with Crippen LogP contribution < -0.4 is 5.32 Å². The summed E-state index contributed by atoms with van der Waals surface area (Å²) in [4.78, 5) is 9.50. The van der Waals surface area contributed by atoms with Gasteiger partial charge < -0.3 is 19.5 Å². The first-order chi connectivity index (χ1) is 14.8. The van der Waals surface area contributed by atoms with Crippen molar-refractivity contribution in [1.29, 1.82) is 0 Å². The molecule has 6 nitrogen and oxygen atoms in total. The molecule has 1 N–H and O–H groups in total. The molecule has 0 aromatic carbocycles. The molecule has 160 valence electrons. The second-order valence-corrected chi connectivity index (χ2v) is 8.99. The van der Waals surface area contributed by atoms with E-state index in [0.29, 0.717) is 6.04 Å². The molecule has 30 heavy (non-hydrogen) atoms. The zero-order valence-corrected chi connectivity index (χ0v) is 18.3. The highest BCUT2D eigenvalue weighted by Gasteiger charge is 2.40. The van der Waals surface area contributed by atoms with Crippen molar-refractivity contribution >= 4 is 17.3 Å². The van der Waals surface area contributed by atoms with Gasteiger partial charge in [-0.3, -0.25) is 9.88 Å². The van der Waals surface area contributed by atoms with Crippen LogP contribution in [0.5, 0.6) is 0 Å². The van der Waals surface area contributed by atoms with E-state index in [1.165, 1.54) is 31.2 Å². The minimum Gasteiger partial charge on any atom is -0.379 e. The molecule has 0 spiro atoms. The van der Waals surface area contributed by atoms with Crippen LogP contribution in [0.15, 0.2) is 42.9 Å². The lowest BCUT2D eigenvalue weighted by atomic mass is 9.99. The molecule has 2 unspecified atom stereocenters. The fourth-order valence-corrected chi connectivity index (χ4v) is 5.45. The minimum absolute atomic E-state index is 0.0721. The molecular formula is C23H31N5OS. The SMILES string of the molecule is S=C1NC(c2ccccn2)C(c2ccn(C3CCCC3)c2)N1CCN1CCOCC1. The highest BCUT2D eigenvalue weighted by Crippen LogP contribution is 2.39. The van der Waals surface area contributed by atoms with E-state index in [1.54, 1.807) is 0 Å². The smallest absolute Gasteiger partial charge is 0.170 e. The number of hydrogen-bond acceptors (Lipinski definition) is 4. The van der Waals surface area contributed by atoms with Crippen molar-refractivity contribution in [2.24, 2.45) is 0 Å². The Kier molecular flexibility index (Phi) is 6.02. The third-order valence-corrected chi connectivity index (χ3v) is 7.14. The van der Waals surface area contributed by atoms with Crippen molar-refractivity contribution < 1.29 is 4.74 Å². The molecule has 0 bridgehead atoms. The summed E-state index contributed by atoms with van der Waals surface area (Å²) in [5.41, 5.74) is 2.37. The Hall–Kier alpha value is -1.96. The molecule has 2 aromatic heterocycles. The molecule has 3 fully saturated rings. The molecule has 4 heterocycles. The summed E-state index contributed by atoms with van der Waals surface area (Å²) in [6, 6.07) is 9.31. The molecular weight excluding hydrogens is 394 g/mol. The van der Waals surface area contributed by atoms with Crippen molar-refractivity contribution in [2.45, 2.75) is 43.8 Å². The van der Waals surface area contributed by atoms with Crippen LogP contribution in [-0.4, -0.2) is 63.9 Å². The van der Waals surface area contributed by atoms with E-state index in [1.807, 2.05) is 12.3 Å². The maximum absolute atomic E-state index is 5.81. The molecule has 0 amide bonds. The molecule has 2 saturated heterocycles. The molecule has 5 rings (SSSR count). The Bertz CT molecular complexity index is 844. The van der Waals surface area contributed by atoms with E-state index < -0.39 is 0 Å². The van der Waals surface area contributed by atoms with E-state index in [4.69, 9.17) is 17.0 Å². The van der Waals surface area contributed by atoms with E-state index in [2.05, 4.69) is 55.3 Å². The van der Waals surface area contributed by atoms with Gasteiger partial charge in [0.15, 0.2) is 5.11 Å². The minimum atomic E-state index is 0.0721. The second kappa shape index (κ2) is 9.04. The molecule has 1 aliphatic carbocycles. The molecule has 1 saturated carbocycles. The molecule has 0 radical (unpaired) electrons. The average molecular weight is 426 g/mol. The monoisotopic (exact) mass is 425 g/mol. The number of nitrogens with zero attached hydrogens (tertiary/aromatic N) is 4. The topological polar surface area (TPSA) is 45.6 Å². The van der Waals surface area contributed by atoms with Crippen LogP contribution in [0.2, 0.25) is 0 Å². The third-order valence-electron chi connectivity index (χ3n) is 6.78. The molecule has 3 aliphatic rings. The van der Waals surface area contributed by atoms with Crippen LogP contribution in [0.4, 0.5) is 0 Å². The van der Waals surface area contributed by atoms with Gasteiger partial charge in [0.25, 0.3) is 0 Å². The van der Waals surface area contributed by atoms with Crippen molar-refractivity contribution in [3.63, 3.8) is 0 Å². The lowest BCUT2D eigenvalue weighted by molar-refractivity contribution is 0.0350. The lowest BCUT2D eigenvalue weighted by Gasteiger charge is -2.32. The van der Waals surface area contributed by atoms with Crippen LogP contribution in [-0.2, 0) is 4.74 Å². The Morgan fingerprint density at radius 2 is 1.93 bits per heavy atom. The van der Waals surface area contributed by atoms with Gasteiger partial charge in [0.1, 0.15) is 0 Å². The summed E-state index contributed by atoms with van der Waals surface area (Å²) in [6.07, 6.45) is 11.8. The van der Waals surface area contributed by atoms with Crippen LogP contribution in [0, 0.1) is 0 Å². The van der Waals surface area contributed by atoms with Gasteiger partial charge >= 0.3 is 0 Å². The number of thiocarbonyl (C=S) groups is 1. The Balaban J connectivity index is 1.40. The number of pyridine rings is 1. The first-order valence-corrected chi connectivity index (χ1v) is 11.7. The Labute approximate surface area is 184 Å². The summed E-state index contributed by atoms with van der Waals surface area (Å²) in [6.45, 7) is 5.56. The van der Waals surface area contributed by atoms with Crippen molar-refractivity contribution in [1.82, 2.24) is 24.7 Å². The fraction of sp³-hybridized carbons (Fsp3) is 0.565. The largest absolute Gasteiger partial charge is 0.379 e. The Morgan fingerprint density at radius 3 is 2.70 bits per heavy atom. The number of morpholine rings is 1. The highest BCUT2D eigenvalue weighted by atomic mass is 32.1. The number of nitrogens with one attached hydrogen (secondary N) is 1. The zero-order chi connectivity index (χ0) is 20.3. The predicted molar refractivity (Wildman–Crippen MR) is 121 cm³/mol. The Morgan fingerprint density at radius 1 is 1.10 bits per heavy atom. The number of rotatable bonds is 6. The van der Waals surface area contributed by atoms with E-state index in [-0.39, 0.29) is 12.1 Å². The maximum Gasteiger partial charge on any atom is 0.170 e. The number of ether oxygens (including phenoxy) is 1. The van der Waals surface area contributed by atoms with Gasteiger partial charge in [-0.25, -0.2) is 0 Å². The lowest BCUT2D eigenvalue weighted by Crippen LogP contribution is -2.42. The highest BCUT2D eigenvalue weighted by molar-refractivity contribution is 7.80. The first kappa shape index (κ1) is 20.0. The van der Waals surface area contributed by atoms with E-state index >= 15 is 0 Å². The van der Waals surface area contributed by atoms with Crippen molar-refractivity contribution in [3.8, 4) is 0 Å². The van der Waals surface area contributed by atoms with Crippen LogP contribution >= 0.6 is 12.2 Å². The van der Waals surface area contributed by atoms with Gasteiger partial charge in [0.05, 0.1) is 31.0 Å². The van der Waals surface area contributed by atoms with Crippen LogP contribution in [0.1, 0.15) is 55.1 Å². The van der Waals surface area contributed by atoms with Crippen molar-refractivity contribution in [2.75, 3.05) is 39.4 Å². The van der Waals surface area contributed by atoms with Crippen LogP contribution in [0.25, 0.3) is 0 Å². The van der Waals surface area contributed by atoms with E-state index in [0.717, 1.165) is 50.2 Å². The number of hydrogen-bond donors (Lipinski definition) is 1. The summed E-state index contributed by atoms with van der Waals surface area (Å²) < 4.78 is 7.93. The van der Waals surface area contributed by atoms with Gasteiger partial charge in [0, 0.05) is 50.8 Å². The summed E-state index contributed by atoms with van der Waals surface area (Å²) in [7, 11) is 0. The summed E-state index contributed by atoms with van der Waals surface area (Å²) >= 11 is 5.81. The molecule has 2 aliphatic heterocycles. The standard InChI is InChI=1S/C23H31N5OS/c30-23-25-21(20-7-3-4-9-24-20)22(28(23)12-11-26-13-15-29-16-14-26)18-8-10-27(17-18)19-5-1-2-6-19/h3-4,7-10,17,19,21-22H,1-2,5-6,11-16H2,(H,25,30). The summed E-state index contributed by atoms with van der Waals surface area (Å²) in [5, 5.41) is 4.41. The average Bonchev–Trinajstić information content (AvgIpc) is 3.53. The van der Waals surface area contributed by atoms with Gasteiger partial charge in [-0.1, -0.05) is 18.9 Å². The van der Waals surface area contributed by atoms with E-state index in [9.17, 15) is 0 Å². The molecule has 2 atom stereocenters. The fourth-order valence-electron chi connectivity index (χ4n) is 5.12. The number of aromatic nitrogens is 2.